The first-order valence-electron chi connectivity index (χ1n) is 9.14. The number of benzene rings is 1. The second kappa shape index (κ2) is 7.00. The monoisotopic (exact) mass is 361 g/mol. The molecule has 4 atom stereocenters. The second-order valence-electron chi connectivity index (χ2n) is 7.56. The van der Waals surface area contributed by atoms with Gasteiger partial charge < -0.3 is 14.7 Å². The molecule has 1 heterocycles. The Bertz CT molecular complexity index is 669. The number of fused-ring (bicyclic) bond motifs is 1. The van der Waals surface area contributed by atoms with E-state index >= 15 is 0 Å². The van der Waals surface area contributed by atoms with Crippen LogP contribution in [0.1, 0.15) is 25.7 Å². The van der Waals surface area contributed by atoms with Gasteiger partial charge in [0.1, 0.15) is 11.9 Å². The Hall–Kier alpha value is -1.52. The lowest BCUT2D eigenvalue weighted by Gasteiger charge is -2.35. The van der Waals surface area contributed by atoms with E-state index in [4.69, 9.17) is 16.3 Å². The van der Waals surface area contributed by atoms with Crippen molar-refractivity contribution >= 4 is 17.5 Å². The fourth-order valence-corrected chi connectivity index (χ4v) is 4.67. The molecule has 4 rings (SSSR count). The van der Waals surface area contributed by atoms with Crippen LogP contribution in [-0.4, -0.2) is 41.2 Å². The van der Waals surface area contributed by atoms with Crippen molar-refractivity contribution in [1.82, 2.24) is 4.90 Å². The van der Waals surface area contributed by atoms with Crippen LogP contribution < -0.4 is 4.74 Å². The Balaban J connectivity index is 1.39. The van der Waals surface area contributed by atoms with E-state index in [1.54, 1.807) is 12.1 Å². The molecule has 4 nitrogen and oxygen atoms in total. The van der Waals surface area contributed by atoms with E-state index in [1.807, 2.05) is 17.0 Å². The minimum Gasteiger partial charge on any atom is -0.488 e. The van der Waals surface area contributed by atoms with Crippen molar-refractivity contribution in [2.75, 3.05) is 13.1 Å². The molecule has 0 bridgehead atoms. The van der Waals surface area contributed by atoms with Crippen LogP contribution >= 0.6 is 11.6 Å². The van der Waals surface area contributed by atoms with E-state index in [9.17, 15) is 9.90 Å². The third-order valence-corrected chi connectivity index (χ3v) is 6.07. The number of allylic oxidation sites excluding steroid dienone is 2. The number of hydrogen-bond donors (Lipinski definition) is 1. The van der Waals surface area contributed by atoms with Crippen LogP contribution in [0.4, 0.5) is 0 Å². The minimum atomic E-state index is -0.497. The molecular formula is C20H24ClNO3. The quantitative estimate of drug-likeness (QED) is 0.840. The van der Waals surface area contributed by atoms with Crippen molar-refractivity contribution in [3.8, 4) is 5.75 Å². The first-order chi connectivity index (χ1) is 12.1. The highest BCUT2D eigenvalue weighted by Gasteiger charge is 2.44. The smallest absolute Gasteiger partial charge is 0.226 e. The largest absolute Gasteiger partial charge is 0.488 e. The molecule has 1 amide bonds. The summed E-state index contributed by atoms with van der Waals surface area (Å²) in [6, 6.07) is 7.29. The Morgan fingerprint density at radius 2 is 1.88 bits per heavy atom. The molecule has 0 aromatic heterocycles. The topological polar surface area (TPSA) is 49.8 Å². The lowest BCUT2D eigenvalue weighted by atomic mass is 9.78. The van der Waals surface area contributed by atoms with Crippen LogP contribution in [0, 0.1) is 17.8 Å². The number of carbonyl (C=O) groups excluding carboxylic acids is 1. The molecule has 134 valence electrons. The molecule has 1 saturated heterocycles. The molecule has 1 saturated carbocycles. The Labute approximate surface area is 153 Å². The van der Waals surface area contributed by atoms with Crippen molar-refractivity contribution in [2.24, 2.45) is 17.8 Å². The van der Waals surface area contributed by atoms with Crippen molar-refractivity contribution in [2.45, 2.75) is 37.9 Å². The molecule has 0 spiro atoms. The Morgan fingerprint density at radius 3 is 2.60 bits per heavy atom. The van der Waals surface area contributed by atoms with E-state index in [1.165, 1.54) is 0 Å². The molecule has 2 aliphatic carbocycles. The molecule has 2 fully saturated rings. The third kappa shape index (κ3) is 3.56. The molecule has 0 unspecified atom stereocenters. The number of rotatable bonds is 3. The summed E-state index contributed by atoms with van der Waals surface area (Å²) in [5.74, 6) is 1.89. The van der Waals surface area contributed by atoms with Crippen LogP contribution in [0.2, 0.25) is 5.02 Å². The number of hydrogen-bond acceptors (Lipinski definition) is 3. The molecular weight excluding hydrogens is 338 g/mol. The zero-order chi connectivity index (χ0) is 17.4. The predicted octanol–water partition coefficient (Wildman–Crippen LogP) is 3.28. The van der Waals surface area contributed by atoms with Crippen molar-refractivity contribution < 1.29 is 14.6 Å². The fourth-order valence-electron chi connectivity index (χ4n) is 4.49. The molecule has 1 N–H and O–H groups in total. The maximum Gasteiger partial charge on any atom is 0.226 e. The number of amides is 1. The minimum absolute atomic E-state index is 0.128. The van der Waals surface area contributed by atoms with Crippen LogP contribution in [0.5, 0.6) is 5.75 Å². The van der Waals surface area contributed by atoms with Gasteiger partial charge in [-0.15, -0.1) is 0 Å². The normalized spacial score (nSPS) is 32.0. The van der Waals surface area contributed by atoms with Crippen LogP contribution in [0.3, 0.4) is 0 Å². The first kappa shape index (κ1) is 16.9. The number of ether oxygens (including phenoxy) is 1. The standard InChI is InChI=1S/C20H24ClNO3/c21-16-6-3-7-17(10-16)25-19-9-15-12-22(11-14(15)8-18(19)23)20(24)13-4-1-2-5-13/h1-3,6-7,10,13-15,18-19,23H,4-5,8-9,11-12H2/t14-,15+,18+,19+/m0/s1. The van der Waals surface area contributed by atoms with Gasteiger partial charge in [-0.3, -0.25) is 4.79 Å². The number of carbonyl (C=O) groups is 1. The Kier molecular flexibility index (Phi) is 4.74. The average molecular weight is 362 g/mol. The van der Waals surface area contributed by atoms with Gasteiger partial charge in [-0.2, -0.15) is 0 Å². The van der Waals surface area contributed by atoms with E-state index in [2.05, 4.69) is 12.2 Å². The lowest BCUT2D eigenvalue weighted by molar-refractivity contribution is -0.134. The van der Waals surface area contributed by atoms with E-state index < -0.39 is 6.10 Å². The van der Waals surface area contributed by atoms with Crippen molar-refractivity contribution in [3.05, 3.63) is 41.4 Å². The first-order valence-corrected chi connectivity index (χ1v) is 9.52. The zero-order valence-corrected chi connectivity index (χ0v) is 14.9. The molecule has 25 heavy (non-hydrogen) atoms. The fraction of sp³-hybridized carbons (Fsp3) is 0.550. The predicted molar refractivity (Wildman–Crippen MR) is 96.5 cm³/mol. The van der Waals surface area contributed by atoms with E-state index in [-0.39, 0.29) is 17.9 Å². The Morgan fingerprint density at radius 1 is 1.16 bits per heavy atom. The highest BCUT2D eigenvalue weighted by atomic mass is 35.5. The van der Waals surface area contributed by atoms with Gasteiger partial charge in [0, 0.05) is 24.0 Å². The van der Waals surface area contributed by atoms with Crippen molar-refractivity contribution in [1.29, 1.82) is 0 Å². The maximum atomic E-state index is 12.7. The zero-order valence-electron chi connectivity index (χ0n) is 14.2. The van der Waals surface area contributed by atoms with Crippen LogP contribution in [0.25, 0.3) is 0 Å². The van der Waals surface area contributed by atoms with Gasteiger partial charge in [0.25, 0.3) is 0 Å². The summed E-state index contributed by atoms with van der Waals surface area (Å²) in [4.78, 5) is 14.7. The molecule has 5 heteroatoms. The van der Waals surface area contributed by atoms with E-state index in [0.717, 1.165) is 32.4 Å². The molecule has 1 aromatic rings. The van der Waals surface area contributed by atoms with Gasteiger partial charge >= 0.3 is 0 Å². The molecule has 1 aromatic carbocycles. The highest BCUT2D eigenvalue weighted by molar-refractivity contribution is 6.30. The molecule has 1 aliphatic heterocycles. The molecule has 3 aliphatic rings. The van der Waals surface area contributed by atoms with Gasteiger partial charge in [0.05, 0.1) is 6.10 Å². The summed E-state index contributed by atoms with van der Waals surface area (Å²) in [6.07, 6.45) is 6.69. The summed E-state index contributed by atoms with van der Waals surface area (Å²) in [5.41, 5.74) is 0. The number of halogens is 1. The highest BCUT2D eigenvalue weighted by Crippen LogP contribution is 2.39. The van der Waals surface area contributed by atoms with Gasteiger partial charge in [-0.25, -0.2) is 0 Å². The SMILES string of the molecule is O=C(C1CC=CC1)N1C[C@H]2C[C@@H](Oc3cccc(Cl)c3)[C@H](O)C[C@H]2C1. The number of likely N-dealkylation sites (tertiary alicyclic amines) is 1. The van der Waals surface area contributed by atoms with Gasteiger partial charge in [0.2, 0.25) is 5.91 Å². The number of aliphatic hydroxyl groups excluding tert-OH is 1. The summed E-state index contributed by atoms with van der Waals surface area (Å²) in [5, 5.41) is 11.1. The maximum absolute atomic E-state index is 12.7. The van der Waals surface area contributed by atoms with Gasteiger partial charge in [-0.05, 0) is 55.7 Å². The average Bonchev–Trinajstić information content (AvgIpc) is 3.24. The van der Waals surface area contributed by atoms with Crippen molar-refractivity contribution in [3.63, 3.8) is 0 Å². The van der Waals surface area contributed by atoms with Gasteiger partial charge in [-0.1, -0.05) is 29.8 Å². The lowest BCUT2D eigenvalue weighted by Crippen LogP contribution is -2.42. The summed E-state index contributed by atoms with van der Waals surface area (Å²) in [6.45, 7) is 1.57. The number of nitrogens with zero attached hydrogens (tertiary/aromatic N) is 1. The summed E-state index contributed by atoms with van der Waals surface area (Å²) in [7, 11) is 0. The van der Waals surface area contributed by atoms with Crippen LogP contribution in [0.15, 0.2) is 36.4 Å². The third-order valence-electron chi connectivity index (χ3n) is 5.84. The number of aliphatic hydroxyl groups is 1. The summed E-state index contributed by atoms with van der Waals surface area (Å²) >= 11 is 6.01. The summed E-state index contributed by atoms with van der Waals surface area (Å²) < 4.78 is 6.00. The molecule has 0 radical (unpaired) electrons. The second-order valence-corrected chi connectivity index (χ2v) is 7.99. The van der Waals surface area contributed by atoms with Crippen LogP contribution in [-0.2, 0) is 4.79 Å². The van der Waals surface area contributed by atoms with Gasteiger partial charge in [0.15, 0.2) is 0 Å². The van der Waals surface area contributed by atoms with E-state index in [0.29, 0.717) is 29.0 Å².